The highest BCUT2D eigenvalue weighted by atomic mass is 15.2. The number of nitrogens with zero attached hydrogens (tertiary/aromatic N) is 1. The lowest BCUT2D eigenvalue weighted by Crippen LogP contribution is -2.46. The zero-order chi connectivity index (χ0) is 25.3. The highest BCUT2D eigenvalue weighted by Crippen LogP contribution is 2.33. The fourth-order valence-electron chi connectivity index (χ4n) is 5.91. The van der Waals surface area contributed by atoms with Gasteiger partial charge < -0.3 is 10.2 Å². The molecule has 0 fully saturated rings. The van der Waals surface area contributed by atoms with Crippen molar-refractivity contribution in [1.82, 2.24) is 10.2 Å². The first-order valence-electron chi connectivity index (χ1n) is 13.4. The second kappa shape index (κ2) is 12.9. The highest BCUT2D eigenvalue weighted by molar-refractivity contribution is 5.35. The molecule has 0 saturated carbocycles. The van der Waals surface area contributed by atoms with Crippen LogP contribution in [0.1, 0.15) is 64.2 Å². The number of allylic oxidation sites excluding steroid dienone is 4. The van der Waals surface area contributed by atoms with Crippen molar-refractivity contribution in [3.05, 3.63) is 108 Å². The van der Waals surface area contributed by atoms with Gasteiger partial charge in [0.1, 0.15) is 0 Å². The Bertz CT molecular complexity index is 958. The molecule has 1 aliphatic carbocycles. The number of fused-ring (bicyclic) bond motifs is 1. The van der Waals surface area contributed by atoms with Crippen molar-refractivity contribution in [3.8, 4) is 0 Å². The summed E-state index contributed by atoms with van der Waals surface area (Å²) in [5.41, 5.74) is 5.86. The minimum absolute atomic E-state index is 0.274. The van der Waals surface area contributed by atoms with Gasteiger partial charge in [-0.15, -0.1) is 0 Å². The highest BCUT2D eigenvalue weighted by Gasteiger charge is 2.31. The molecular formula is C33H46N2. The van der Waals surface area contributed by atoms with Crippen molar-refractivity contribution in [3.63, 3.8) is 0 Å². The standard InChI is InChI=1S/C33H46N2/c1-7-14-31(15-8-2)35(32-20-28-18-12-13-19-29(28)21-32)25-30(23-33(5,6)22-26(3)4)34-24-27-16-10-9-11-17-27/h7-19,26,30,32,34H,1,20-25H2,2-6H3/b15-8-,31-14+. The third-order valence-corrected chi connectivity index (χ3v) is 7.04. The van der Waals surface area contributed by atoms with Crippen LogP contribution < -0.4 is 5.32 Å². The average molecular weight is 471 g/mol. The molecule has 0 heterocycles. The summed E-state index contributed by atoms with van der Waals surface area (Å²) in [5, 5.41) is 3.96. The molecule has 35 heavy (non-hydrogen) atoms. The Morgan fingerprint density at radius 1 is 1.03 bits per heavy atom. The van der Waals surface area contributed by atoms with E-state index in [4.69, 9.17) is 0 Å². The van der Waals surface area contributed by atoms with Gasteiger partial charge in [-0.2, -0.15) is 0 Å². The molecule has 2 heteroatoms. The van der Waals surface area contributed by atoms with E-state index in [-0.39, 0.29) is 5.41 Å². The van der Waals surface area contributed by atoms with E-state index in [1.54, 1.807) is 0 Å². The van der Waals surface area contributed by atoms with E-state index >= 15 is 0 Å². The maximum Gasteiger partial charge on any atom is 0.0371 e. The summed E-state index contributed by atoms with van der Waals surface area (Å²) in [5.74, 6) is 0.694. The van der Waals surface area contributed by atoms with Crippen molar-refractivity contribution in [1.29, 1.82) is 0 Å². The number of hydrogen-bond donors (Lipinski definition) is 1. The van der Waals surface area contributed by atoms with E-state index in [9.17, 15) is 0 Å². The predicted molar refractivity (Wildman–Crippen MR) is 152 cm³/mol. The van der Waals surface area contributed by atoms with Crippen molar-refractivity contribution in [2.75, 3.05) is 6.54 Å². The molecule has 3 rings (SSSR count). The molecule has 1 atom stereocenters. The van der Waals surface area contributed by atoms with Crippen LogP contribution in [-0.4, -0.2) is 23.5 Å². The Morgan fingerprint density at radius 2 is 1.66 bits per heavy atom. The smallest absolute Gasteiger partial charge is 0.0371 e. The van der Waals surface area contributed by atoms with Crippen LogP contribution in [0, 0.1) is 11.3 Å². The summed E-state index contributed by atoms with van der Waals surface area (Å²) in [7, 11) is 0. The van der Waals surface area contributed by atoms with Gasteiger partial charge in [-0.25, -0.2) is 0 Å². The number of nitrogens with one attached hydrogen (secondary N) is 1. The van der Waals surface area contributed by atoms with Crippen molar-refractivity contribution in [2.45, 2.75) is 78.9 Å². The van der Waals surface area contributed by atoms with E-state index in [2.05, 4.69) is 124 Å². The first-order valence-corrected chi connectivity index (χ1v) is 13.4. The Hall–Kier alpha value is -2.58. The van der Waals surface area contributed by atoms with Gasteiger partial charge in [0.2, 0.25) is 0 Å². The van der Waals surface area contributed by atoms with Crippen LogP contribution in [-0.2, 0) is 19.4 Å². The molecule has 2 aromatic rings. The van der Waals surface area contributed by atoms with E-state index in [1.165, 1.54) is 28.8 Å². The monoisotopic (exact) mass is 470 g/mol. The van der Waals surface area contributed by atoms with Crippen molar-refractivity contribution < 1.29 is 0 Å². The largest absolute Gasteiger partial charge is 0.366 e. The molecule has 0 bridgehead atoms. The van der Waals surface area contributed by atoms with Gasteiger partial charge in [0.05, 0.1) is 0 Å². The van der Waals surface area contributed by atoms with Crippen LogP contribution in [0.2, 0.25) is 0 Å². The lowest BCUT2D eigenvalue weighted by Gasteiger charge is -2.39. The summed E-state index contributed by atoms with van der Waals surface area (Å²) < 4.78 is 0. The fourth-order valence-corrected chi connectivity index (χ4v) is 5.91. The zero-order valence-electron chi connectivity index (χ0n) is 22.6. The maximum absolute atomic E-state index is 4.03. The van der Waals surface area contributed by atoms with E-state index < -0.39 is 0 Å². The van der Waals surface area contributed by atoms with Gasteiger partial charge in [0.25, 0.3) is 0 Å². The molecule has 0 radical (unpaired) electrons. The minimum Gasteiger partial charge on any atom is -0.366 e. The molecule has 1 N–H and O–H groups in total. The third-order valence-electron chi connectivity index (χ3n) is 7.04. The Labute approximate surface area is 214 Å². The number of benzene rings is 2. The first kappa shape index (κ1) is 27.0. The van der Waals surface area contributed by atoms with Crippen LogP contribution in [0.5, 0.6) is 0 Å². The zero-order valence-corrected chi connectivity index (χ0v) is 22.6. The second-order valence-corrected chi connectivity index (χ2v) is 11.3. The number of rotatable bonds is 13. The van der Waals surface area contributed by atoms with Gasteiger partial charge >= 0.3 is 0 Å². The summed E-state index contributed by atoms with van der Waals surface area (Å²) in [6.07, 6.45) is 13.1. The number of hydrogen-bond acceptors (Lipinski definition) is 2. The topological polar surface area (TPSA) is 15.3 Å². The summed E-state index contributed by atoms with van der Waals surface area (Å²) in [6.45, 7) is 17.6. The van der Waals surface area contributed by atoms with Crippen LogP contribution in [0.25, 0.3) is 0 Å². The molecule has 0 aromatic heterocycles. The molecule has 2 aromatic carbocycles. The third kappa shape index (κ3) is 8.25. The molecular weight excluding hydrogens is 424 g/mol. The first-order chi connectivity index (χ1) is 16.8. The predicted octanol–water partition coefficient (Wildman–Crippen LogP) is 7.72. The van der Waals surface area contributed by atoms with Crippen LogP contribution in [0.15, 0.2) is 91.2 Å². The van der Waals surface area contributed by atoms with Crippen molar-refractivity contribution >= 4 is 0 Å². The second-order valence-electron chi connectivity index (χ2n) is 11.3. The molecule has 1 unspecified atom stereocenters. The Kier molecular flexibility index (Phi) is 9.98. The van der Waals surface area contributed by atoms with E-state index in [0.717, 1.165) is 32.4 Å². The van der Waals surface area contributed by atoms with Gasteiger partial charge in [-0.05, 0) is 72.8 Å². The normalized spacial score (nSPS) is 15.5. The summed E-state index contributed by atoms with van der Waals surface area (Å²) >= 11 is 0. The SMILES string of the molecule is C=C/C=C(\C=C/C)N(CC(CC(C)(C)CC(C)C)NCc1ccccc1)C1Cc2ccccc2C1. The van der Waals surface area contributed by atoms with E-state index in [0.29, 0.717) is 18.0 Å². The van der Waals surface area contributed by atoms with Gasteiger partial charge in [0, 0.05) is 30.9 Å². The summed E-state index contributed by atoms with van der Waals surface area (Å²) in [6, 6.07) is 20.6. The molecule has 0 saturated heterocycles. The molecule has 0 spiro atoms. The minimum atomic E-state index is 0.274. The van der Waals surface area contributed by atoms with Gasteiger partial charge in [-0.1, -0.05) is 101 Å². The molecule has 2 nitrogen and oxygen atoms in total. The van der Waals surface area contributed by atoms with Crippen LogP contribution in [0.4, 0.5) is 0 Å². The van der Waals surface area contributed by atoms with Crippen LogP contribution in [0.3, 0.4) is 0 Å². The van der Waals surface area contributed by atoms with Gasteiger partial charge in [-0.3, -0.25) is 0 Å². The average Bonchev–Trinajstić information content (AvgIpc) is 3.24. The molecule has 0 aliphatic heterocycles. The molecule has 1 aliphatic rings. The summed E-state index contributed by atoms with van der Waals surface area (Å²) in [4.78, 5) is 2.65. The lowest BCUT2D eigenvalue weighted by molar-refractivity contribution is 0.179. The van der Waals surface area contributed by atoms with Gasteiger partial charge in [0.15, 0.2) is 0 Å². The molecule has 0 amide bonds. The van der Waals surface area contributed by atoms with Crippen LogP contribution >= 0.6 is 0 Å². The maximum atomic E-state index is 4.03. The lowest BCUT2D eigenvalue weighted by atomic mass is 9.78. The fraction of sp³-hybridized carbons (Fsp3) is 0.455. The Morgan fingerprint density at radius 3 is 2.23 bits per heavy atom. The quantitative estimate of drug-likeness (QED) is 0.301. The van der Waals surface area contributed by atoms with E-state index in [1.807, 2.05) is 6.08 Å². The molecule has 188 valence electrons. The van der Waals surface area contributed by atoms with Crippen molar-refractivity contribution in [2.24, 2.45) is 11.3 Å². The Balaban J connectivity index is 1.88.